The summed E-state index contributed by atoms with van der Waals surface area (Å²) < 4.78 is 17.7. The lowest BCUT2D eigenvalue weighted by molar-refractivity contribution is 0.0597. The van der Waals surface area contributed by atoms with Crippen molar-refractivity contribution in [3.05, 3.63) is 33.5 Å². The standard InChI is InChI=1S/C10H8BrFO3/c1-5(13)6-4-9(12)8(11)3-7(6)10(14)15-2/h3-4H,1-2H3. The maximum Gasteiger partial charge on any atom is 0.338 e. The highest BCUT2D eigenvalue weighted by Gasteiger charge is 2.17. The van der Waals surface area contributed by atoms with E-state index in [0.717, 1.165) is 6.07 Å². The van der Waals surface area contributed by atoms with E-state index in [4.69, 9.17) is 0 Å². The van der Waals surface area contributed by atoms with Crippen LogP contribution in [0.2, 0.25) is 0 Å². The lowest BCUT2D eigenvalue weighted by Gasteiger charge is -2.06. The molecule has 1 aromatic carbocycles. The van der Waals surface area contributed by atoms with Gasteiger partial charge in [0, 0.05) is 5.56 Å². The van der Waals surface area contributed by atoms with Crippen LogP contribution in [0.15, 0.2) is 16.6 Å². The number of carbonyl (C=O) groups excluding carboxylic acids is 2. The van der Waals surface area contributed by atoms with E-state index in [1.54, 1.807) is 0 Å². The zero-order valence-electron chi connectivity index (χ0n) is 8.14. The van der Waals surface area contributed by atoms with Gasteiger partial charge in [0.2, 0.25) is 0 Å². The number of rotatable bonds is 2. The first-order valence-corrected chi connectivity index (χ1v) is 4.85. The Labute approximate surface area is 94.4 Å². The first-order valence-electron chi connectivity index (χ1n) is 4.05. The summed E-state index contributed by atoms with van der Waals surface area (Å²) in [5.41, 5.74) is 0.0702. The van der Waals surface area contributed by atoms with Gasteiger partial charge in [-0.15, -0.1) is 0 Å². The maximum atomic E-state index is 13.1. The number of benzene rings is 1. The summed E-state index contributed by atoms with van der Waals surface area (Å²) in [4.78, 5) is 22.4. The Kier molecular flexibility index (Phi) is 3.57. The third-order valence-electron chi connectivity index (χ3n) is 1.85. The maximum absolute atomic E-state index is 13.1. The van der Waals surface area contributed by atoms with Gasteiger partial charge in [0.25, 0.3) is 0 Å². The van der Waals surface area contributed by atoms with Crippen LogP contribution in [0.5, 0.6) is 0 Å². The summed E-state index contributed by atoms with van der Waals surface area (Å²) in [5.74, 6) is -1.64. The van der Waals surface area contributed by atoms with Crippen LogP contribution in [0, 0.1) is 5.82 Å². The van der Waals surface area contributed by atoms with Crippen LogP contribution in [-0.2, 0) is 4.74 Å². The number of ketones is 1. The van der Waals surface area contributed by atoms with Crippen LogP contribution in [0.3, 0.4) is 0 Å². The van der Waals surface area contributed by atoms with E-state index in [1.807, 2.05) is 0 Å². The van der Waals surface area contributed by atoms with E-state index >= 15 is 0 Å². The molecule has 0 aliphatic carbocycles. The van der Waals surface area contributed by atoms with E-state index in [9.17, 15) is 14.0 Å². The van der Waals surface area contributed by atoms with Gasteiger partial charge >= 0.3 is 5.97 Å². The van der Waals surface area contributed by atoms with Gasteiger partial charge in [-0.05, 0) is 35.0 Å². The summed E-state index contributed by atoms with van der Waals surface area (Å²) in [6, 6.07) is 2.25. The molecule has 0 atom stereocenters. The number of carbonyl (C=O) groups is 2. The molecule has 0 saturated carbocycles. The van der Waals surface area contributed by atoms with Gasteiger partial charge in [0.05, 0.1) is 17.1 Å². The lowest BCUT2D eigenvalue weighted by atomic mass is 10.0. The zero-order valence-corrected chi connectivity index (χ0v) is 9.72. The van der Waals surface area contributed by atoms with E-state index < -0.39 is 11.8 Å². The highest BCUT2D eigenvalue weighted by atomic mass is 79.9. The highest BCUT2D eigenvalue weighted by molar-refractivity contribution is 9.10. The number of ether oxygens (including phenoxy) is 1. The van der Waals surface area contributed by atoms with Gasteiger partial charge in [-0.3, -0.25) is 4.79 Å². The van der Waals surface area contributed by atoms with Crippen molar-refractivity contribution in [3.8, 4) is 0 Å². The Morgan fingerprint density at radius 2 is 1.93 bits per heavy atom. The van der Waals surface area contributed by atoms with Crippen LogP contribution < -0.4 is 0 Å². The molecule has 80 valence electrons. The van der Waals surface area contributed by atoms with Gasteiger partial charge in [-0.2, -0.15) is 0 Å². The molecule has 0 spiro atoms. The number of hydrogen-bond acceptors (Lipinski definition) is 3. The average molecular weight is 275 g/mol. The van der Waals surface area contributed by atoms with Crippen LogP contribution in [0.25, 0.3) is 0 Å². The van der Waals surface area contributed by atoms with Crippen LogP contribution >= 0.6 is 15.9 Å². The molecule has 0 aromatic heterocycles. The summed E-state index contributed by atoms with van der Waals surface area (Å²) in [6.07, 6.45) is 0. The number of halogens is 2. The van der Waals surface area contributed by atoms with E-state index in [0.29, 0.717) is 0 Å². The van der Waals surface area contributed by atoms with Crippen LogP contribution in [0.4, 0.5) is 4.39 Å². The molecule has 0 aliphatic rings. The van der Waals surface area contributed by atoms with Crippen molar-refractivity contribution in [2.24, 2.45) is 0 Å². The molecule has 0 saturated heterocycles. The molecular formula is C10H8BrFO3. The zero-order chi connectivity index (χ0) is 11.6. The molecule has 0 N–H and O–H groups in total. The summed E-state index contributed by atoms with van der Waals surface area (Å²) in [7, 11) is 1.20. The third kappa shape index (κ3) is 2.41. The Balaban J connectivity index is 3.41. The van der Waals surface area contributed by atoms with Crippen molar-refractivity contribution in [2.45, 2.75) is 6.92 Å². The van der Waals surface area contributed by atoms with E-state index in [2.05, 4.69) is 20.7 Å². The van der Waals surface area contributed by atoms with Gasteiger partial charge in [0.15, 0.2) is 5.78 Å². The van der Waals surface area contributed by atoms with E-state index in [-0.39, 0.29) is 21.4 Å². The molecule has 0 bridgehead atoms. The predicted molar refractivity (Wildman–Crippen MR) is 55.4 cm³/mol. The molecule has 0 aliphatic heterocycles. The molecule has 0 unspecified atom stereocenters. The van der Waals surface area contributed by atoms with E-state index in [1.165, 1.54) is 20.1 Å². The molecule has 0 amide bonds. The fourth-order valence-corrected chi connectivity index (χ4v) is 1.46. The first-order chi connectivity index (χ1) is 6.97. The molecular weight excluding hydrogens is 267 g/mol. The second-order valence-corrected chi connectivity index (χ2v) is 3.71. The van der Waals surface area contributed by atoms with Crippen LogP contribution in [0.1, 0.15) is 27.6 Å². The minimum Gasteiger partial charge on any atom is -0.465 e. The first kappa shape index (κ1) is 11.8. The Morgan fingerprint density at radius 3 is 2.40 bits per heavy atom. The average Bonchev–Trinajstić information content (AvgIpc) is 2.20. The van der Waals surface area contributed by atoms with Crippen molar-refractivity contribution in [3.63, 3.8) is 0 Å². The summed E-state index contributed by atoms with van der Waals surface area (Å²) >= 11 is 2.93. The topological polar surface area (TPSA) is 43.4 Å². The molecule has 1 rings (SSSR count). The van der Waals surface area contributed by atoms with Gasteiger partial charge in [-0.1, -0.05) is 0 Å². The predicted octanol–water partition coefficient (Wildman–Crippen LogP) is 2.58. The van der Waals surface area contributed by atoms with Gasteiger partial charge in [-0.25, -0.2) is 9.18 Å². The minimum atomic E-state index is -0.666. The Bertz CT molecular complexity index is 429. The van der Waals surface area contributed by atoms with Crippen molar-refractivity contribution < 1.29 is 18.7 Å². The van der Waals surface area contributed by atoms with Crippen molar-refractivity contribution >= 4 is 27.7 Å². The van der Waals surface area contributed by atoms with Crippen LogP contribution in [-0.4, -0.2) is 18.9 Å². The normalized spacial score (nSPS) is 9.87. The number of hydrogen-bond donors (Lipinski definition) is 0. The Morgan fingerprint density at radius 1 is 1.33 bits per heavy atom. The third-order valence-corrected chi connectivity index (χ3v) is 2.45. The smallest absolute Gasteiger partial charge is 0.338 e. The second-order valence-electron chi connectivity index (χ2n) is 2.86. The lowest BCUT2D eigenvalue weighted by Crippen LogP contribution is -2.09. The summed E-state index contributed by atoms with van der Waals surface area (Å²) in [6.45, 7) is 1.26. The fraction of sp³-hybridized carbons (Fsp3) is 0.200. The molecule has 3 nitrogen and oxygen atoms in total. The SMILES string of the molecule is COC(=O)c1cc(Br)c(F)cc1C(C)=O. The quantitative estimate of drug-likeness (QED) is 0.615. The van der Waals surface area contributed by atoms with Crippen molar-refractivity contribution in [1.29, 1.82) is 0 Å². The van der Waals surface area contributed by atoms with Crippen molar-refractivity contribution in [2.75, 3.05) is 7.11 Å². The minimum absolute atomic E-state index is 0.0163. The molecule has 15 heavy (non-hydrogen) atoms. The fourth-order valence-electron chi connectivity index (χ4n) is 1.12. The number of Topliss-reactive ketones (excluding diaryl/α,β-unsaturated/α-hetero) is 1. The van der Waals surface area contributed by atoms with Crippen molar-refractivity contribution in [1.82, 2.24) is 0 Å². The Hall–Kier alpha value is -1.23. The van der Waals surface area contributed by atoms with Gasteiger partial charge < -0.3 is 4.74 Å². The highest BCUT2D eigenvalue weighted by Crippen LogP contribution is 2.22. The van der Waals surface area contributed by atoms with Gasteiger partial charge in [0.1, 0.15) is 5.82 Å². The molecule has 5 heteroatoms. The molecule has 1 aromatic rings. The second kappa shape index (κ2) is 4.53. The largest absolute Gasteiger partial charge is 0.465 e. The molecule has 0 heterocycles. The number of esters is 1. The molecule has 0 fully saturated rings. The molecule has 0 radical (unpaired) electrons. The summed E-state index contributed by atoms with van der Waals surface area (Å²) in [5, 5.41) is 0. The monoisotopic (exact) mass is 274 g/mol. The number of methoxy groups -OCH3 is 1.